The van der Waals surface area contributed by atoms with Crippen LogP contribution in [0.5, 0.6) is 0 Å². The Morgan fingerprint density at radius 1 is 1.07 bits per heavy atom. The van der Waals surface area contributed by atoms with Crippen molar-refractivity contribution in [2.24, 2.45) is 15.0 Å². The molecule has 1 unspecified atom stereocenters. The van der Waals surface area contributed by atoms with Gasteiger partial charge in [0.1, 0.15) is 6.17 Å². The van der Waals surface area contributed by atoms with Gasteiger partial charge in [0.05, 0.1) is 6.17 Å². The lowest BCUT2D eigenvalue weighted by molar-refractivity contribution is 0.455. The number of aliphatic imine (C=N–C) groups is 3. The molecule has 0 radical (unpaired) electrons. The summed E-state index contributed by atoms with van der Waals surface area (Å²) in [7, 11) is 0. The number of nitrogens with zero attached hydrogens (tertiary/aromatic N) is 3. The van der Waals surface area contributed by atoms with Gasteiger partial charge in [0.15, 0.2) is 0 Å². The minimum atomic E-state index is 0.141. The Kier molecular flexibility index (Phi) is 3.40. The summed E-state index contributed by atoms with van der Waals surface area (Å²) in [6.07, 6.45) is 10.3. The van der Waals surface area contributed by atoms with Crippen LogP contribution in [0.1, 0.15) is 25.7 Å². The van der Waals surface area contributed by atoms with Crippen LogP contribution in [0.4, 0.5) is 0 Å². The molecule has 0 spiro atoms. The van der Waals surface area contributed by atoms with E-state index in [-0.39, 0.29) is 12.3 Å². The zero-order chi connectivity index (χ0) is 9.64. The van der Waals surface area contributed by atoms with Crippen molar-refractivity contribution in [3.05, 3.63) is 0 Å². The van der Waals surface area contributed by atoms with Crippen molar-refractivity contribution in [2.75, 3.05) is 6.54 Å². The van der Waals surface area contributed by atoms with Crippen LogP contribution in [-0.4, -0.2) is 37.5 Å². The Morgan fingerprint density at radius 3 is 2.64 bits per heavy atom. The first kappa shape index (κ1) is 9.52. The molecule has 0 amide bonds. The van der Waals surface area contributed by atoms with Gasteiger partial charge in [0, 0.05) is 31.6 Å². The summed E-state index contributed by atoms with van der Waals surface area (Å²) in [5, 5.41) is 3.36. The van der Waals surface area contributed by atoms with Gasteiger partial charge in [-0.25, -0.2) is 0 Å². The molecule has 4 nitrogen and oxygen atoms in total. The number of rotatable bonds is 3. The van der Waals surface area contributed by atoms with Crippen LogP contribution in [-0.2, 0) is 0 Å². The van der Waals surface area contributed by atoms with E-state index < -0.39 is 0 Å². The lowest BCUT2D eigenvalue weighted by Gasteiger charge is -2.19. The van der Waals surface area contributed by atoms with Crippen LogP contribution in [0, 0.1) is 0 Å². The van der Waals surface area contributed by atoms with E-state index in [0.717, 1.165) is 32.2 Å². The van der Waals surface area contributed by atoms with E-state index in [9.17, 15) is 0 Å². The van der Waals surface area contributed by atoms with Crippen LogP contribution < -0.4 is 5.32 Å². The zero-order valence-corrected chi connectivity index (χ0v) is 8.26. The third kappa shape index (κ3) is 2.73. The van der Waals surface area contributed by atoms with E-state index >= 15 is 0 Å². The normalized spacial score (nSPS) is 27.0. The second-order valence-corrected chi connectivity index (χ2v) is 3.55. The molecule has 1 atom stereocenters. The standard InChI is InChI=1S/C10H16N4/c1-5-11-9(12-6-1)3-4-10-13-7-2-8-14-10/h5-7,9-10,14H,1-4,8H2. The van der Waals surface area contributed by atoms with Crippen LogP contribution in [0.2, 0.25) is 0 Å². The number of hydrogen-bond acceptors (Lipinski definition) is 4. The van der Waals surface area contributed by atoms with Crippen LogP contribution in [0.3, 0.4) is 0 Å². The van der Waals surface area contributed by atoms with E-state index in [4.69, 9.17) is 0 Å². The Labute approximate surface area is 84.2 Å². The summed E-state index contributed by atoms with van der Waals surface area (Å²) in [4.78, 5) is 13.0. The molecular weight excluding hydrogens is 176 g/mol. The molecule has 0 bridgehead atoms. The van der Waals surface area contributed by atoms with Gasteiger partial charge in [-0.15, -0.1) is 0 Å². The minimum Gasteiger partial charge on any atom is -0.295 e. The smallest absolute Gasteiger partial charge is 0.138 e. The highest BCUT2D eigenvalue weighted by atomic mass is 15.1. The molecule has 0 aromatic rings. The maximum atomic E-state index is 4.37. The molecule has 14 heavy (non-hydrogen) atoms. The SMILES string of the molecule is C1=NC(CCC2N=CCCN2)N=CC1. The third-order valence-electron chi connectivity index (χ3n) is 2.40. The minimum absolute atomic E-state index is 0.141. The largest absolute Gasteiger partial charge is 0.295 e. The van der Waals surface area contributed by atoms with E-state index in [1.54, 1.807) is 0 Å². The molecular formula is C10H16N4. The van der Waals surface area contributed by atoms with Gasteiger partial charge >= 0.3 is 0 Å². The van der Waals surface area contributed by atoms with E-state index in [1.807, 2.05) is 18.6 Å². The fourth-order valence-corrected chi connectivity index (χ4v) is 1.65. The lowest BCUT2D eigenvalue weighted by atomic mass is 10.2. The van der Waals surface area contributed by atoms with Crippen molar-refractivity contribution in [2.45, 2.75) is 38.0 Å². The maximum absolute atomic E-state index is 4.37. The van der Waals surface area contributed by atoms with Gasteiger partial charge in [-0.1, -0.05) is 0 Å². The maximum Gasteiger partial charge on any atom is 0.138 e. The van der Waals surface area contributed by atoms with Gasteiger partial charge in [0.2, 0.25) is 0 Å². The topological polar surface area (TPSA) is 49.1 Å². The molecule has 4 heteroatoms. The molecule has 2 rings (SSSR count). The third-order valence-corrected chi connectivity index (χ3v) is 2.40. The van der Waals surface area contributed by atoms with Crippen LogP contribution in [0.25, 0.3) is 0 Å². The fraction of sp³-hybridized carbons (Fsp3) is 0.700. The van der Waals surface area contributed by atoms with Crippen molar-refractivity contribution in [1.82, 2.24) is 5.32 Å². The molecule has 0 aromatic heterocycles. The molecule has 2 aliphatic rings. The lowest BCUT2D eigenvalue weighted by Crippen LogP contribution is -2.32. The first-order chi connectivity index (χ1) is 6.95. The van der Waals surface area contributed by atoms with Crippen molar-refractivity contribution < 1.29 is 0 Å². The molecule has 1 N–H and O–H groups in total. The molecule has 0 saturated carbocycles. The van der Waals surface area contributed by atoms with Crippen LogP contribution >= 0.6 is 0 Å². The average molecular weight is 192 g/mol. The Bertz CT molecular complexity index is 245. The first-order valence-corrected chi connectivity index (χ1v) is 5.23. The molecule has 0 fully saturated rings. The first-order valence-electron chi connectivity index (χ1n) is 5.23. The Hall–Kier alpha value is -1.03. The van der Waals surface area contributed by atoms with Gasteiger partial charge in [0.25, 0.3) is 0 Å². The average Bonchev–Trinajstić information content (AvgIpc) is 2.29. The zero-order valence-electron chi connectivity index (χ0n) is 8.26. The Morgan fingerprint density at radius 2 is 1.93 bits per heavy atom. The predicted octanol–water partition coefficient (Wildman–Crippen LogP) is 1.03. The molecule has 0 aliphatic carbocycles. The summed E-state index contributed by atoms with van der Waals surface area (Å²) in [6, 6.07) is 0. The van der Waals surface area contributed by atoms with Crippen molar-refractivity contribution >= 4 is 18.6 Å². The van der Waals surface area contributed by atoms with E-state index in [1.165, 1.54) is 0 Å². The highest BCUT2D eigenvalue weighted by molar-refractivity contribution is 5.80. The molecule has 2 heterocycles. The fourth-order valence-electron chi connectivity index (χ4n) is 1.65. The van der Waals surface area contributed by atoms with Gasteiger partial charge in [-0.3, -0.25) is 20.3 Å². The predicted molar refractivity (Wildman–Crippen MR) is 59.5 cm³/mol. The monoisotopic (exact) mass is 192 g/mol. The molecule has 2 aliphatic heterocycles. The molecule has 0 saturated heterocycles. The van der Waals surface area contributed by atoms with Gasteiger partial charge < -0.3 is 0 Å². The highest BCUT2D eigenvalue weighted by Gasteiger charge is 2.12. The summed E-state index contributed by atoms with van der Waals surface area (Å²) < 4.78 is 0. The molecule has 0 aromatic carbocycles. The second kappa shape index (κ2) is 5.00. The quantitative estimate of drug-likeness (QED) is 0.713. The van der Waals surface area contributed by atoms with Crippen molar-refractivity contribution in [3.8, 4) is 0 Å². The van der Waals surface area contributed by atoms with Crippen molar-refractivity contribution in [1.29, 1.82) is 0 Å². The number of nitrogens with one attached hydrogen (secondary N) is 1. The summed E-state index contributed by atoms with van der Waals surface area (Å²) in [6.45, 7) is 1.05. The van der Waals surface area contributed by atoms with Gasteiger partial charge in [-0.2, -0.15) is 0 Å². The van der Waals surface area contributed by atoms with Crippen molar-refractivity contribution in [3.63, 3.8) is 0 Å². The Balaban J connectivity index is 1.73. The number of hydrogen-bond donors (Lipinski definition) is 1. The molecule has 76 valence electrons. The summed E-state index contributed by atoms with van der Waals surface area (Å²) in [5.41, 5.74) is 0. The van der Waals surface area contributed by atoms with Gasteiger partial charge in [-0.05, 0) is 19.3 Å². The van der Waals surface area contributed by atoms with Crippen LogP contribution in [0.15, 0.2) is 15.0 Å². The second-order valence-electron chi connectivity index (χ2n) is 3.55. The summed E-state index contributed by atoms with van der Waals surface area (Å²) >= 11 is 0. The highest BCUT2D eigenvalue weighted by Crippen LogP contribution is 2.10. The van der Waals surface area contributed by atoms with E-state index in [0.29, 0.717) is 0 Å². The summed E-state index contributed by atoms with van der Waals surface area (Å²) in [5.74, 6) is 0. The van der Waals surface area contributed by atoms with E-state index in [2.05, 4.69) is 20.3 Å².